The number of carbonyl (C=O) groups excluding carboxylic acids is 3. The van der Waals surface area contributed by atoms with Crippen LogP contribution in [0.25, 0.3) is 11.3 Å². The van der Waals surface area contributed by atoms with E-state index in [1.165, 1.54) is 0 Å². The zero-order valence-corrected chi connectivity index (χ0v) is 17.3. The molecule has 31 heavy (non-hydrogen) atoms. The van der Waals surface area contributed by atoms with Crippen molar-refractivity contribution in [3.63, 3.8) is 0 Å². The largest absolute Gasteiger partial charge is 0.457 e. The Morgan fingerprint density at radius 2 is 1.61 bits per heavy atom. The van der Waals surface area contributed by atoms with Crippen molar-refractivity contribution in [3.8, 4) is 11.3 Å². The van der Waals surface area contributed by atoms with Gasteiger partial charge in [-0.2, -0.15) is 0 Å². The summed E-state index contributed by atoms with van der Waals surface area (Å²) in [7, 11) is 0. The Labute approximate surface area is 179 Å². The molecule has 7 heteroatoms. The average molecular weight is 418 g/mol. The highest BCUT2D eigenvalue weighted by Crippen LogP contribution is 2.28. The molecule has 0 aliphatic carbocycles. The van der Waals surface area contributed by atoms with Gasteiger partial charge in [-0.05, 0) is 24.5 Å². The van der Waals surface area contributed by atoms with Gasteiger partial charge < -0.3 is 9.26 Å². The van der Waals surface area contributed by atoms with E-state index in [1.807, 2.05) is 44.2 Å². The molecule has 2 amide bonds. The number of hydrogen-bond acceptors (Lipinski definition) is 6. The van der Waals surface area contributed by atoms with E-state index in [9.17, 15) is 14.4 Å². The summed E-state index contributed by atoms with van der Waals surface area (Å²) in [5, 5.41) is 3.94. The van der Waals surface area contributed by atoms with Crippen LogP contribution in [0, 0.1) is 5.92 Å². The van der Waals surface area contributed by atoms with Crippen LogP contribution >= 0.6 is 0 Å². The van der Waals surface area contributed by atoms with Crippen LogP contribution in [0.1, 0.15) is 46.7 Å². The standard InChI is InChI=1S/C24H22N2O5/c1-15(2)12-20(26-22(27)18-10-6-7-11-19(18)23(26)28)24(29)30-14-17-13-21(31-25-17)16-8-4-3-5-9-16/h3-11,13,15,20H,12,14H2,1-2H3/t20-/m0/s1. The summed E-state index contributed by atoms with van der Waals surface area (Å²) < 4.78 is 10.8. The first-order chi connectivity index (χ1) is 15.0. The second kappa shape index (κ2) is 8.55. The Morgan fingerprint density at radius 3 is 2.23 bits per heavy atom. The second-order valence-corrected chi connectivity index (χ2v) is 7.83. The summed E-state index contributed by atoms with van der Waals surface area (Å²) in [4.78, 5) is 39.6. The van der Waals surface area contributed by atoms with Crippen molar-refractivity contribution in [1.82, 2.24) is 10.1 Å². The van der Waals surface area contributed by atoms with E-state index in [0.29, 0.717) is 29.0 Å². The third kappa shape index (κ3) is 4.12. The van der Waals surface area contributed by atoms with Gasteiger partial charge in [-0.1, -0.05) is 61.5 Å². The normalized spacial score (nSPS) is 14.1. The highest BCUT2D eigenvalue weighted by molar-refractivity contribution is 6.22. The molecule has 7 nitrogen and oxygen atoms in total. The van der Waals surface area contributed by atoms with E-state index in [0.717, 1.165) is 10.5 Å². The fourth-order valence-corrected chi connectivity index (χ4v) is 3.60. The Kier molecular flexibility index (Phi) is 5.66. The Bertz CT molecular complexity index is 1080. The van der Waals surface area contributed by atoms with Gasteiger partial charge in [0.25, 0.3) is 11.8 Å². The first kappa shape index (κ1) is 20.5. The zero-order chi connectivity index (χ0) is 22.0. The van der Waals surface area contributed by atoms with Crippen LogP contribution in [0.15, 0.2) is 65.2 Å². The molecule has 1 aromatic heterocycles. The molecule has 3 aromatic rings. The second-order valence-electron chi connectivity index (χ2n) is 7.83. The first-order valence-corrected chi connectivity index (χ1v) is 10.1. The van der Waals surface area contributed by atoms with Crippen LogP contribution in [0.2, 0.25) is 0 Å². The Balaban J connectivity index is 1.49. The summed E-state index contributed by atoms with van der Waals surface area (Å²) in [5.41, 5.74) is 1.91. The summed E-state index contributed by atoms with van der Waals surface area (Å²) >= 11 is 0. The summed E-state index contributed by atoms with van der Waals surface area (Å²) in [6, 6.07) is 16.7. The maximum absolute atomic E-state index is 12.9. The van der Waals surface area contributed by atoms with E-state index >= 15 is 0 Å². The maximum Gasteiger partial charge on any atom is 0.329 e. The Morgan fingerprint density at radius 1 is 1.00 bits per heavy atom. The molecule has 0 bridgehead atoms. The van der Waals surface area contributed by atoms with Gasteiger partial charge in [0.1, 0.15) is 18.3 Å². The van der Waals surface area contributed by atoms with Crippen LogP contribution < -0.4 is 0 Å². The third-order valence-electron chi connectivity index (χ3n) is 5.08. The molecule has 0 saturated heterocycles. The zero-order valence-electron chi connectivity index (χ0n) is 17.3. The molecule has 0 unspecified atom stereocenters. The van der Waals surface area contributed by atoms with Gasteiger partial charge in [0.05, 0.1) is 11.1 Å². The number of hydrogen-bond donors (Lipinski definition) is 0. The first-order valence-electron chi connectivity index (χ1n) is 10.1. The van der Waals surface area contributed by atoms with Gasteiger partial charge in [0.15, 0.2) is 5.76 Å². The van der Waals surface area contributed by atoms with Crippen molar-refractivity contribution < 1.29 is 23.6 Å². The van der Waals surface area contributed by atoms with E-state index in [4.69, 9.17) is 9.26 Å². The van der Waals surface area contributed by atoms with Crippen molar-refractivity contribution in [3.05, 3.63) is 77.5 Å². The molecular weight excluding hydrogens is 396 g/mol. The van der Waals surface area contributed by atoms with E-state index in [-0.39, 0.29) is 12.5 Å². The van der Waals surface area contributed by atoms with Gasteiger partial charge in [0, 0.05) is 11.6 Å². The quantitative estimate of drug-likeness (QED) is 0.424. The number of aromatic nitrogens is 1. The molecule has 2 aromatic carbocycles. The minimum Gasteiger partial charge on any atom is -0.457 e. The number of imide groups is 1. The molecule has 1 atom stereocenters. The number of rotatable bonds is 7. The lowest BCUT2D eigenvalue weighted by atomic mass is 10.0. The van der Waals surface area contributed by atoms with Crippen LogP contribution in [-0.2, 0) is 16.1 Å². The van der Waals surface area contributed by atoms with Crippen molar-refractivity contribution in [2.24, 2.45) is 5.92 Å². The number of amides is 2. The minimum absolute atomic E-state index is 0.0681. The number of benzene rings is 2. The van der Waals surface area contributed by atoms with Gasteiger partial charge in [-0.25, -0.2) is 4.79 Å². The molecule has 2 heterocycles. The van der Waals surface area contributed by atoms with Crippen LogP contribution in [0.3, 0.4) is 0 Å². The lowest BCUT2D eigenvalue weighted by Gasteiger charge is -2.25. The van der Waals surface area contributed by atoms with Crippen LogP contribution in [0.5, 0.6) is 0 Å². The Hall–Kier alpha value is -3.74. The van der Waals surface area contributed by atoms with Crippen molar-refractivity contribution in [2.75, 3.05) is 0 Å². The van der Waals surface area contributed by atoms with Gasteiger partial charge in [-0.3, -0.25) is 14.5 Å². The molecule has 158 valence electrons. The van der Waals surface area contributed by atoms with Crippen molar-refractivity contribution >= 4 is 17.8 Å². The number of carbonyl (C=O) groups is 3. The number of nitrogens with zero attached hydrogens (tertiary/aromatic N) is 2. The van der Waals surface area contributed by atoms with Gasteiger partial charge >= 0.3 is 5.97 Å². The summed E-state index contributed by atoms with van der Waals surface area (Å²) in [6.07, 6.45) is 0.304. The highest BCUT2D eigenvalue weighted by atomic mass is 16.5. The molecule has 0 spiro atoms. The molecule has 0 saturated carbocycles. The smallest absolute Gasteiger partial charge is 0.329 e. The molecule has 1 aliphatic rings. The molecule has 1 aliphatic heterocycles. The fraction of sp³-hybridized carbons (Fsp3) is 0.250. The minimum atomic E-state index is -1.01. The van der Waals surface area contributed by atoms with Crippen LogP contribution in [0.4, 0.5) is 0 Å². The maximum atomic E-state index is 12.9. The molecule has 0 N–H and O–H groups in total. The summed E-state index contributed by atoms with van der Waals surface area (Å²) in [5.74, 6) is -0.969. The van der Waals surface area contributed by atoms with E-state index in [2.05, 4.69) is 5.16 Å². The third-order valence-corrected chi connectivity index (χ3v) is 5.08. The molecular formula is C24H22N2O5. The average Bonchev–Trinajstić information content (AvgIpc) is 3.35. The van der Waals surface area contributed by atoms with E-state index in [1.54, 1.807) is 30.3 Å². The highest BCUT2D eigenvalue weighted by Gasteiger charge is 2.43. The van der Waals surface area contributed by atoms with Crippen LogP contribution in [-0.4, -0.2) is 33.9 Å². The predicted octanol–water partition coefficient (Wildman–Crippen LogP) is 4.10. The van der Waals surface area contributed by atoms with Gasteiger partial charge in [-0.15, -0.1) is 0 Å². The van der Waals surface area contributed by atoms with Crippen molar-refractivity contribution in [1.29, 1.82) is 0 Å². The lowest BCUT2D eigenvalue weighted by molar-refractivity contribution is -0.150. The number of ether oxygens (including phenoxy) is 1. The summed E-state index contributed by atoms with van der Waals surface area (Å²) in [6.45, 7) is 3.72. The predicted molar refractivity (Wildman–Crippen MR) is 112 cm³/mol. The van der Waals surface area contributed by atoms with Crippen molar-refractivity contribution in [2.45, 2.75) is 32.9 Å². The van der Waals surface area contributed by atoms with E-state index < -0.39 is 23.8 Å². The molecule has 0 radical (unpaired) electrons. The fourth-order valence-electron chi connectivity index (χ4n) is 3.60. The lowest BCUT2D eigenvalue weighted by Crippen LogP contribution is -2.46. The number of fused-ring (bicyclic) bond motifs is 1. The van der Waals surface area contributed by atoms with Gasteiger partial charge in [0.2, 0.25) is 0 Å². The monoisotopic (exact) mass is 418 g/mol. The topological polar surface area (TPSA) is 89.7 Å². The SMILES string of the molecule is CC(C)C[C@@H](C(=O)OCc1cc(-c2ccccc2)on1)N1C(=O)c2ccccc2C1=O. The molecule has 0 fully saturated rings. The molecule has 4 rings (SSSR count). The number of esters is 1.